The first kappa shape index (κ1) is 16.4. The number of carbonyl (C=O) groups excluding carboxylic acids is 1. The molecular formula is C13H17O6P. The van der Waals surface area contributed by atoms with Crippen LogP contribution < -0.4 is 4.52 Å². The van der Waals surface area contributed by atoms with Crippen LogP contribution in [-0.2, 0) is 23.1 Å². The summed E-state index contributed by atoms with van der Waals surface area (Å²) < 4.78 is 31.8. The smallest absolute Gasteiger partial charge is 0.460 e. The van der Waals surface area contributed by atoms with Crippen molar-refractivity contribution in [2.75, 3.05) is 20.3 Å². The maximum atomic E-state index is 12.1. The SMILES string of the molecule is C=C(C)C(=O)OCCOP(=O)(OC)Oc1ccccc1. The quantitative estimate of drug-likeness (QED) is 0.318. The third kappa shape index (κ3) is 5.57. The summed E-state index contributed by atoms with van der Waals surface area (Å²) in [6.45, 7) is 4.78. The van der Waals surface area contributed by atoms with Crippen LogP contribution in [-0.4, -0.2) is 26.3 Å². The van der Waals surface area contributed by atoms with Gasteiger partial charge >= 0.3 is 13.8 Å². The van der Waals surface area contributed by atoms with Gasteiger partial charge in [0.25, 0.3) is 0 Å². The van der Waals surface area contributed by atoms with Crippen LogP contribution in [0.2, 0.25) is 0 Å². The summed E-state index contributed by atoms with van der Waals surface area (Å²) in [6, 6.07) is 8.49. The minimum absolute atomic E-state index is 0.0722. The summed E-state index contributed by atoms with van der Waals surface area (Å²) >= 11 is 0. The molecule has 0 amide bonds. The summed E-state index contributed by atoms with van der Waals surface area (Å²) in [5.41, 5.74) is 0.278. The molecule has 20 heavy (non-hydrogen) atoms. The van der Waals surface area contributed by atoms with Gasteiger partial charge in [0.05, 0.1) is 6.61 Å². The van der Waals surface area contributed by atoms with Crippen molar-refractivity contribution in [1.29, 1.82) is 0 Å². The van der Waals surface area contributed by atoms with Gasteiger partial charge in [-0.1, -0.05) is 24.8 Å². The van der Waals surface area contributed by atoms with Crippen LogP contribution in [0.4, 0.5) is 0 Å². The lowest BCUT2D eigenvalue weighted by atomic mass is 10.3. The first-order valence-electron chi connectivity index (χ1n) is 5.84. The monoisotopic (exact) mass is 300 g/mol. The van der Waals surface area contributed by atoms with Crippen molar-refractivity contribution in [2.24, 2.45) is 0 Å². The molecule has 7 heteroatoms. The number of phosphoric ester groups is 1. The number of esters is 1. The average molecular weight is 300 g/mol. The fourth-order valence-corrected chi connectivity index (χ4v) is 2.04. The predicted octanol–water partition coefficient (Wildman–Crippen LogP) is 2.96. The van der Waals surface area contributed by atoms with E-state index in [-0.39, 0.29) is 18.8 Å². The van der Waals surface area contributed by atoms with Crippen LogP contribution in [0.1, 0.15) is 6.92 Å². The highest BCUT2D eigenvalue weighted by atomic mass is 31.2. The van der Waals surface area contributed by atoms with E-state index in [9.17, 15) is 9.36 Å². The highest BCUT2D eigenvalue weighted by Crippen LogP contribution is 2.48. The van der Waals surface area contributed by atoms with Crippen molar-refractivity contribution >= 4 is 13.8 Å². The van der Waals surface area contributed by atoms with E-state index in [2.05, 4.69) is 6.58 Å². The van der Waals surface area contributed by atoms with Crippen LogP contribution in [0.15, 0.2) is 42.5 Å². The summed E-state index contributed by atoms with van der Waals surface area (Å²) in [5.74, 6) is -0.179. The number of benzene rings is 1. The Labute approximate surface area is 117 Å². The van der Waals surface area contributed by atoms with Gasteiger partial charge in [0.2, 0.25) is 0 Å². The van der Waals surface area contributed by atoms with E-state index >= 15 is 0 Å². The van der Waals surface area contributed by atoms with Gasteiger partial charge in [0, 0.05) is 12.7 Å². The lowest BCUT2D eigenvalue weighted by molar-refractivity contribution is -0.139. The topological polar surface area (TPSA) is 71.1 Å². The minimum Gasteiger partial charge on any atom is -0.460 e. The third-order valence-electron chi connectivity index (χ3n) is 2.10. The second-order valence-corrected chi connectivity index (χ2v) is 5.48. The van der Waals surface area contributed by atoms with E-state index in [1.54, 1.807) is 30.3 Å². The van der Waals surface area contributed by atoms with Gasteiger partial charge in [-0.25, -0.2) is 9.36 Å². The van der Waals surface area contributed by atoms with Crippen LogP contribution >= 0.6 is 7.82 Å². The van der Waals surface area contributed by atoms with Crippen molar-refractivity contribution in [3.05, 3.63) is 42.5 Å². The fourth-order valence-electron chi connectivity index (χ4n) is 1.13. The molecule has 0 N–H and O–H groups in total. The van der Waals surface area contributed by atoms with Crippen molar-refractivity contribution in [3.8, 4) is 5.75 Å². The largest absolute Gasteiger partial charge is 0.529 e. The number of rotatable bonds is 8. The van der Waals surface area contributed by atoms with Gasteiger partial charge in [-0.05, 0) is 19.1 Å². The van der Waals surface area contributed by atoms with Gasteiger partial charge in [0.15, 0.2) is 0 Å². The van der Waals surface area contributed by atoms with E-state index < -0.39 is 13.8 Å². The first-order chi connectivity index (χ1) is 9.47. The average Bonchev–Trinajstić information content (AvgIpc) is 2.44. The molecule has 1 atom stereocenters. The zero-order valence-electron chi connectivity index (χ0n) is 11.4. The fraction of sp³-hybridized carbons (Fsp3) is 0.308. The van der Waals surface area contributed by atoms with Crippen molar-refractivity contribution in [3.63, 3.8) is 0 Å². The third-order valence-corrected chi connectivity index (χ3v) is 3.48. The lowest BCUT2D eigenvalue weighted by Gasteiger charge is -2.16. The van der Waals surface area contributed by atoms with E-state index in [1.807, 2.05) is 0 Å². The van der Waals surface area contributed by atoms with Gasteiger partial charge in [-0.3, -0.25) is 9.05 Å². The molecular weight excluding hydrogens is 283 g/mol. The van der Waals surface area contributed by atoms with Crippen LogP contribution in [0.3, 0.4) is 0 Å². The highest BCUT2D eigenvalue weighted by molar-refractivity contribution is 7.48. The van der Waals surface area contributed by atoms with E-state index in [1.165, 1.54) is 14.0 Å². The van der Waals surface area contributed by atoms with Crippen LogP contribution in [0.25, 0.3) is 0 Å². The Morgan fingerprint density at radius 3 is 2.45 bits per heavy atom. The molecule has 0 heterocycles. The predicted molar refractivity (Wildman–Crippen MR) is 73.4 cm³/mol. The molecule has 1 rings (SSSR count). The number of ether oxygens (including phenoxy) is 1. The van der Waals surface area contributed by atoms with Crippen molar-refractivity contribution in [2.45, 2.75) is 6.92 Å². The molecule has 1 aromatic rings. The Bertz CT molecular complexity index is 499. The molecule has 0 aliphatic rings. The molecule has 0 aliphatic carbocycles. The van der Waals surface area contributed by atoms with Crippen molar-refractivity contribution < 1.29 is 27.7 Å². The van der Waals surface area contributed by atoms with Crippen LogP contribution in [0.5, 0.6) is 5.75 Å². The Morgan fingerprint density at radius 2 is 1.90 bits per heavy atom. The van der Waals surface area contributed by atoms with Crippen molar-refractivity contribution in [1.82, 2.24) is 0 Å². The second kappa shape index (κ2) is 7.85. The van der Waals surface area contributed by atoms with E-state index in [0.29, 0.717) is 5.75 Å². The summed E-state index contributed by atoms with van der Waals surface area (Å²) in [4.78, 5) is 11.1. The van der Waals surface area contributed by atoms with Crippen LogP contribution in [0, 0.1) is 0 Å². The molecule has 0 saturated heterocycles. The van der Waals surface area contributed by atoms with Gasteiger partial charge in [-0.2, -0.15) is 0 Å². The van der Waals surface area contributed by atoms with E-state index in [0.717, 1.165) is 0 Å². The first-order valence-corrected chi connectivity index (χ1v) is 7.30. The highest BCUT2D eigenvalue weighted by Gasteiger charge is 2.26. The molecule has 0 aromatic heterocycles. The second-order valence-electron chi connectivity index (χ2n) is 3.78. The zero-order valence-corrected chi connectivity index (χ0v) is 12.3. The maximum Gasteiger partial charge on any atom is 0.529 e. The standard InChI is InChI=1S/C13H17O6P/c1-11(2)13(14)17-9-10-18-20(15,16-3)19-12-7-5-4-6-8-12/h4-8H,1,9-10H2,2-3H3. The summed E-state index contributed by atoms with van der Waals surface area (Å²) in [5, 5.41) is 0. The molecule has 0 spiro atoms. The van der Waals surface area contributed by atoms with E-state index in [4.69, 9.17) is 18.3 Å². The Balaban J connectivity index is 2.44. The molecule has 0 saturated carbocycles. The normalized spacial score (nSPS) is 13.3. The number of hydrogen-bond donors (Lipinski definition) is 0. The summed E-state index contributed by atoms with van der Waals surface area (Å²) in [7, 11) is -2.51. The molecule has 6 nitrogen and oxygen atoms in total. The maximum absolute atomic E-state index is 12.1. The molecule has 0 aliphatic heterocycles. The molecule has 110 valence electrons. The van der Waals surface area contributed by atoms with Gasteiger partial charge in [-0.15, -0.1) is 0 Å². The molecule has 0 fully saturated rings. The number of phosphoric acid groups is 1. The number of para-hydroxylation sites is 1. The molecule has 0 bridgehead atoms. The molecule has 0 radical (unpaired) electrons. The van der Waals surface area contributed by atoms with Gasteiger partial charge in [0.1, 0.15) is 12.4 Å². The number of hydrogen-bond acceptors (Lipinski definition) is 6. The lowest BCUT2D eigenvalue weighted by Crippen LogP contribution is -2.11. The number of carbonyl (C=O) groups is 1. The molecule has 1 unspecified atom stereocenters. The minimum atomic E-state index is -3.72. The summed E-state index contributed by atoms with van der Waals surface area (Å²) in [6.07, 6.45) is 0. The zero-order chi connectivity index (χ0) is 15.0. The molecule has 1 aromatic carbocycles. The Kier molecular flexibility index (Phi) is 6.45. The Morgan fingerprint density at radius 1 is 1.25 bits per heavy atom. The Hall–Kier alpha value is -1.62. The van der Waals surface area contributed by atoms with Gasteiger partial charge < -0.3 is 9.26 Å².